The lowest BCUT2D eigenvalue weighted by Crippen LogP contribution is -2.58. The number of anilines is 1. The molecule has 0 radical (unpaired) electrons. The molecule has 0 bridgehead atoms. The van der Waals surface area contributed by atoms with Crippen molar-refractivity contribution in [1.82, 2.24) is 34.7 Å². The van der Waals surface area contributed by atoms with Crippen molar-refractivity contribution in [2.24, 2.45) is 0 Å². The molecule has 1 aliphatic rings. The van der Waals surface area contributed by atoms with Gasteiger partial charge in [-0.25, -0.2) is 27.8 Å². The van der Waals surface area contributed by atoms with Gasteiger partial charge in [0, 0.05) is 42.3 Å². The third kappa shape index (κ3) is 7.53. The first-order valence-electron chi connectivity index (χ1n) is 12.6. The lowest BCUT2D eigenvalue weighted by atomic mass is 10.1. The smallest absolute Gasteiger partial charge is 0.352 e. The molecule has 0 unspecified atom stereocenters. The van der Waals surface area contributed by atoms with Gasteiger partial charge in [0.25, 0.3) is 0 Å². The summed E-state index contributed by atoms with van der Waals surface area (Å²) in [7, 11) is -1.26. The van der Waals surface area contributed by atoms with Gasteiger partial charge in [-0.05, 0) is 51.2 Å². The second-order valence-electron chi connectivity index (χ2n) is 9.91. The van der Waals surface area contributed by atoms with Crippen LogP contribution in [0, 0.1) is 0 Å². The Hall–Kier alpha value is -2.23. The molecule has 1 fully saturated rings. The third-order valence-corrected chi connectivity index (χ3v) is 7.94. The molecule has 0 saturated carbocycles. The molecule has 1 atom stereocenters. The predicted molar refractivity (Wildman–Crippen MR) is 150 cm³/mol. The number of fused-ring (bicyclic) bond motifs is 1. The van der Waals surface area contributed by atoms with Gasteiger partial charge in [0.1, 0.15) is 11.3 Å². The second-order valence-corrected chi connectivity index (χ2v) is 12.6. The quantitative estimate of drug-likeness (QED) is 0.296. The van der Waals surface area contributed by atoms with E-state index >= 15 is 0 Å². The van der Waals surface area contributed by atoms with Crippen molar-refractivity contribution >= 4 is 50.2 Å². The molecule has 220 valence electrons. The number of hydrogen-bond donors (Lipinski definition) is 2. The van der Waals surface area contributed by atoms with Gasteiger partial charge in [0.2, 0.25) is 10.0 Å². The Labute approximate surface area is 240 Å². The van der Waals surface area contributed by atoms with Crippen LogP contribution in [0.25, 0.3) is 11.2 Å². The van der Waals surface area contributed by atoms with Crippen molar-refractivity contribution in [3.8, 4) is 0 Å². The Morgan fingerprint density at radius 2 is 1.93 bits per heavy atom. The average molecular weight is 624 g/mol. The highest BCUT2D eigenvalue weighted by atomic mass is 35.5. The van der Waals surface area contributed by atoms with Crippen LogP contribution in [0.1, 0.15) is 30.6 Å². The van der Waals surface area contributed by atoms with Crippen LogP contribution in [0.5, 0.6) is 0 Å². The molecular weight excluding hydrogens is 592 g/mol. The highest BCUT2D eigenvalue weighted by molar-refractivity contribution is 7.88. The number of alkyl halides is 3. The number of halogens is 5. The molecular formula is C24H31Cl2F3N8O2S. The molecule has 0 amide bonds. The molecule has 0 aliphatic carbocycles. The number of aromatic nitrogens is 4. The average Bonchev–Trinajstić information content (AvgIpc) is 3.21. The molecule has 10 nitrogen and oxygen atoms in total. The van der Waals surface area contributed by atoms with Crippen LogP contribution >= 0.6 is 23.2 Å². The fourth-order valence-electron chi connectivity index (χ4n) is 4.47. The van der Waals surface area contributed by atoms with Crippen molar-refractivity contribution < 1.29 is 21.6 Å². The highest BCUT2D eigenvalue weighted by Crippen LogP contribution is 2.36. The van der Waals surface area contributed by atoms with Crippen LogP contribution in [0.3, 0.4) is 0 Å². The largest absolute Gasteiger partial charge is 0.437 e. The summed E-state index contributed by atoms with van der Waals surface area (Å²) in [5.74, 6) is 0.466. The maximum atomic E-state index is 13.8. The summed E-state index contributed by atoms with van der Waals surface area (Å²) in [4.78, 5) is 12.6. The Morgan fingerprint density at radius 3 is 2.58 bits per heavy atom. The molecule has 3 heterocycles. The highest BCUT2D eigenvalue weighted by Gasteiger charge is 2.39. The molecule has 2 aromatic heterocycles. The SMILES string of the molecule is C[C@H](c1ccc(Cl)cc1Cl)n1nc(C(F)(F)F)c2ncc(N3CC(NCCCN(C)CCNS(C)(=O)=O)C3)nc21. The van der Waals surface area contributed by atoms with Crippen LogP contribution < -0.4 is 14.9 Å². The van der Waals surface area contributed by atoms with E-state index in [1.54, 1.807) is 19.1 Å². The summed E-state index contributed by atoms with van der Waals surface area (Å²) in [6.45, 7) is 5.51. The monoisotopic (exact) mass is 622 g/mol. The summed E-state index contributed by atoms with van der Waals surface area (Å²) in [5, 5.41) is 8.05. The van der Waals surface area contributed by atoms with Gasteiger partial charge in [-0.2, -0.15) is 18.3 Å². The van der Waals surface area contributed by atoms with Gasteiger partial charge < -0.3 is 15.1 Å². The standard InChI is InChI=1S/C24H31Cl2F3N8O2S/c1-15(18-6-5-16(25)11-19(18)26)37-23-21(22(34-37)24(27,28)29)31-12-20(33-23)36-13-17(14-36)30-7-4-9-35(2)10-8-32-40(3,38)39/h5-6,11-12,15,17,30,32H,4,7-10,13-14H2,1-3H3/t15-/m1/s1. The number of nitrogens with one attached hydrogen (secondary N) is 2. The van der Waals surface area contributed by atoms with Crippen LogP contribution in [-0.4, -0.2) is 91.7 Å². The van der Waals surface area contributed by atoms with E-state index in [1.165, 1.54) is 16.9 Å². The normalized spacial score (nSPS) is 15.7. The van der Waals surface area contributed by atoms with E-state index in [2.05, 4.69) is 25.1 Å². The molecule has 1 aliphatic heterocycles. The molecule has 2 N–H and O–H groups in total. The summed E-state index contributed by atoms with van der Waals surface area (Å²) >= 11 is 12.3. The van der Waals surface area contributed by atoms with Gasteiger partial charge >= 0.3 is 6.18 Å². The number of rotatable bonds is 12. The van der Waals surface area contributed by atoms with Gasteiger partial charge in [-0.1, -0.05) is 29.3 Å². The topological polar surface area (TPSA) is 108 Å². The zero-order valence-electron chi connectivity index (χ0n) is 22.2. The fourth-order valence-corrected chi connectivity index (χ4v) is 5.50. The molecule has 1 saturated heterocycles. The first-order chi connectivity index (χ1) is 18.7. The zero-order valence-corrected chi connectivity index (χ0v) is 24.5. The van der Waals surface area contributed by atoms with E-state index in [1.807, 2.05) is 16.8 Å². The minimum absolute atomic E-state index is 0.0214. The minimum Gasteiger partial charge on any atom is -0.352 e. The molecule has 0 spiro atoms. The van der Waals surface area contributed by atoms with E-state index in [4.69, 9.17) is 23.2 Å². The van der Waals surface area contributed by atoms with Gasteiger partial charge in [-0.3, -0.25) is 0 Å². The van der Waals surface area contributed by atoms with Crippen LogP contribution in [0.15, 0.2) is 24.4 Å². The number of sulfonamides is 1. The van der Waals surface area contributed by atoms with E-state index in [9.17, 15) is 21.6 Å². The van der Waals surface area contributed by atoms with E-state index < -0.39 is 27.9 Å². The third-order valence-electron chi connectivity index (χ3n) is 6.65. The van der Waals surface area contributed by atoms with Crippen molar-refractivity contribution in [2.45, 2.75) is 31.6 Å². The lowest BCUT2D eigenvalue weighted by molar-refractivity contribution is -0.140. The predicted octanol–water partition coefficient (Wildman–Crippen LogP) is 3.41. The summed E-state index contributed by atoms with van der Waals surface area (Å²) in [5.41, 5.74) is -0.840. The van der Waals surface area contributed by atoms with Crippen LogP contribution in [0.4, 0.5) is 19.0 Å². The van der Waals surface area contributed by atoms with Crippen LogP contribution in [-0.2, 0) is 16.2 Å². The molecule has 16 heteroatoms. The molecule has 40 heavy (non-hydrogen) atoms. The first-order valence-corrected chi connectivity index (χ1v) is 15.3. The molecule has 1 aromatic carbocycles. The number of hydrogen-bond acceptors (Lipinski definition) is 8. The maximum absolute atomic E-state index is 13.8. The Morgan fingerprint density at radius 1 is 1.20 bits per heavy atom. The molecule has 3 aromatic rings. The first kappa shape index (κ1) is 30.7. The summed E-state index contributed by atoms with van der Waals surface area (Å²) < 4.78 is 67.3. The number of nitrogens with zero attached hydrogens (tertiary/aromatic N) is 6. The minimum atomic E-state index is -4.70. The second kappa shape index (κ2) is 12.3. The van der Waals surface area contributed by atoms with E-state index in [0.717, 1.165) is 25.8 Å². The fraction of sp³-hybridized carbons (Fsp3) is 0.542. The van der Waals surface area contributed by atoms with E-state index in [0.29, 0.717) is 47.6 Å². The lowest BCUT2D eigenvalue weighted by Gasteiger charge is -2.40. The van der Waals surface area contributed by atoms with Gasteiger partial charge in [0.05, 0.1) is 18.5 Å². The van der Waals surface area contributed by atoms with Crippen LogP contribution in [0.2, 0.25) is 10.0 Å². The summed E-state index contributed by atoms with van der Waals surface area (Å²) in [6.07, 6.45) is -1.34. The number of benzene rings is 1. The van der Waals surface area contributed by atoms with Crippen molar-refractivity contribution in [3.05, 3.63) is 45.7 Å². The van der Waals surface area contributed by atoms with Crippen molar-refractivity contribution in [1.29, 1.82) is 0 Å². The Balaban J connectivity index is 1.38. The van der Waals surface area contributed by atoms with Gasteiger partial charge in [0.15, 0.2) is 11.3 Å². The number of likely N-dealkylation sites (N-methyl/N-ethyl adjacent to an activating group) is 1. The maximum Gasteiger partial charge on any atom is 0.437 e. The van der Waals surface area contributed by atoms with Crippen molar-refractivity contribution in [2.75, 3.05) is 57.5 Å². The Kier molecular flexibility index (Phi) is 9.47. The summed E-state index contributed by atoms with van der Waals surface area (Å²) in [6, 6.07) is 4.36. The van der Waals surface area contributed by atoms with Gasteiger partial charge in [-0.15, -0.1) is 0 Å². The zero-order chi connectivity index (χ0) is 29.2. The Bertz CT molecular complexity index is 1450. The van der Waals surface area contributed by atoms with Crippen molar-refractivity contribution in [3.63, 3.8) is 0 Å². The molecule has 4 rings (SSSR count). The van der Waals surface area contributed by atoms with E-state index in [-0.39, 0.29) is 17.2 Å².